The first-order valence-corrected chi connectivity index (χ1v) is 6.39. The second-order valence-corrected chi connectivity index (χ2v) is 5.02. The summed E-state index contributed by atoms with van der Waals surface area (Å²) >= 11 is 6.04. The maximum Gasteiger partial charge on any atom is 0.255 e. The van der Waals surface area contributed by atoms with Crippen LogP contribution in [0.25, 0.3) is 0 Å². The van der Waals surface area contributed by atoms with Gasteiger partial charge in [0.1, 0.15) is 5.82 Å². The molecule has 0 aromatic heterocycles. The third-order valence-corrected chi connectivity index (χ3v) is 3.33. The standard InChI is InChI=1S/C15H14ClFN2O/c1-8-3-4-14(11(16)5-8)19-15(20)10-6-12(17)9(2)13(18)7-10/h3-7H,18H2,1-2H3,(H,19,20). The normalized spacial score (nSPS) is 10.4. The molecule has 0 aliphatic heterocycles. The Morgan fingerprint density at radius 3 is 2.55 bits per heavy atom. The van der Waals surface area contributed by atoms with E-state index in [9.17, 15) is 9.18 Å². The molecule has 5 heteroatoms. The Morgan fingerprint density at radius 2 is 1.95 bits per heavy atom. The van der Waals surface area contributed by atoms with Crippen molar-refractivity contribution in [2.24, 2.45) is 0 Å². The number of anilines is 2. The molecule has 0 unspecified atom stereocenters. The third kappa shape index (κ3) is 2.91. The van der Waals surface area contributed by atoms with Crippen molar-refractivity contribution < 1.29 is 9.18 Å². The average molecular weight is 293 g/mol. The lowest BCUT2D eigenvalue weighted by atomic mass is 10.1. The molecular formula is C15H14ClFN2O. The number of benzene rings is 2. The molecule has 0 radical (unpaired) electrons. The van der Waals surface area contributed by atoms with Gasteiger partial charge in [0.2, 0.25) is 0 Å². The summed E-state index contributed by atoms with van der Waals surface area (Å²) in [7, 11) is 0. The van der Waals surface area contributed by atoms with Gasteiger partial charge < -0.3 is 11.1 Å². The summed E-state index contributed by atoms with van der Waals surface area (Å²) in [5, 5.41) is 3.06. The van der Waals surface area contributed by atoms with Gasteiger partial charge in [0.15, 0.2) is 0 Å². The summed E-state index contributed by atoms with van der Waals surface area (Å²) in [5.74, 6) is -0.966. The van der Waals surface area contributed by atoms with Crippen molar-refractivity contribution >= 4 is 28.9 Å². The van der Waals surface area contributed by atoms with Crippen LogP contribution >= 0.6 is 11.6 Å². The number of amides is 1. The Morgan fingerprint density at radius 1 is 1.25 bits per heavy atom. The van der Waals surface area contributed by atoms with Gasteiger partial charge >= 0.3 is 0 Å². The number of nitrogens with two attached hydrogens (primary N) is 1. The quantitative estimate of drug-likeness (QED) is 0.824. The van der Waals surface area contributed by atoms with Crippen LogP contribution in [0.2, 0.25) is 5.02 Å². The van der Waals surface area contributed by atoms with Crippen LogP contribution in [-0.4, -0.2) is 5.91 Å². The van der Waals surface area contributed by atoms with Crippen LogP contribution in [0.1, 0.15) is 21.5 Å². The minimum Gasteiger partial charge on any atom is -0.398 e. The molecule has 0 bridgehead atoms. The SMILES string of the molecule is Cc1ccc(NC(=O)c2cc(N)c(C)c(F)c2)c(Cl)c1. The van der Waals surface area contributed by atoms with Gasteiger partial charge in [-0.3, -0.25) is 4.79 Å². The fourth-order valence-corrected chi connectivity index (χ4v) is 2.03. The molecule has 0 heterocycles. The van der Waals surface area contributed by atoms with Crippen LogP contribution in [0, 0.1) is 19.7 Å². The zero-order chi connectivity index (χ0) is 14.9. The minimum absolute atomic E-state index is 0.155. The maximum absolute atomic E-state index is 13.6. The first-order valence-electron chi connectivity index (χ1n) is 6.01. The number of hydrogen-bond acceptors (Lipinski definition) is 2. The number of aryl methyl sites for hydroxylation is 1. The van der Waals surface area contributed by atoms with Crippen molar-refractivity contribution in [3.63, 3.8) is 0 Å². The number of halogens is 2. The molecule has 20 heavy (non-hydrogen) atoms. The topological polar surface area (TPSA) is 55.1 Å². The van der Waals surface area contributed by atoms with Gasteiger partial charge in [0, 0.05) is 16.8 Å². The third-order valence-electron chi connectivity index (χ3n) is 3.02. The molecule has 2 aromatic carbocycles. The molecule has 0 spiro atoms. The molecule has 3 N–H and O–H groups in total. The number of carbonyl (C=O) groups is 1. The lowest BCUT2D eigenvalue weighted by molar-refractivity contribution is 0.102. The van der Waals surface area contributed by atoms with Crippen LogP contribution in [0.5, 0.6) is 0 Å². The van der Waals surface area contributed by atoms with Crippen molar-refractivity contribution in [1.82, 2.24) is 0 Å². The zero-order valence-electron chi connectivity index (χ0n) is 11.1. The van der Waals surface area contributed by atoms with Crippen molar-refractivity contribution in [3.8, 4) is 0 Å². The fourth-order valence-electron chi connectivity index (χ4n) is 1.75. The van der Waals surface area contributed by atoms with E-state index in [0.29, 0.717) is 16.3 Å². The van der Waals surface area contributed by atoms with Crippen LogP contribution in [0.3, 0.4) is 0 Å². The highest BCUT2D eigenvalue weighted by atomic mass is 35.5. The molecule has 0 atom stereocenters. The summed E-state index contributed by atoms with van der Waals surface area (Å²) in [6.45, 7) is 3.46. The molecule has 0 fully saturated rings. The number of hydrogen-bond donors (Lipinski definition) is 2. The van der Waals surface area contributed by atoms with Gasteiger partial charge in [-0.1, -0.05) is 17.7 Å². The van der Waals surface area contributed by atoms with E-state index in [1.165, 1.54) is 6.07 Å². The van der Waals surface area contributed by atoms with E-state index in [1.807, 2.05) is 13.0 Å². The lowest BCUT2D eigenvalue weighted by Crippen LogP contribution is -2.13. The zero-order valence-corrected chi connectivity index (χ0v) is 11.9. The first kappa shape index (κ1) is 14.3. The van der Waals surface area contributed by atoms with E-state index < -0.39 is 11.7 Å². The second kappa shape index (κ2) is 5.51. The predicted molar refractivity (Wildman–Crippen MR) is 79.7 cm³/mol. The Labute approximate surface area is 121 Å². The summed E-state index contributed by atoms with van der Waals surface area (Å²) < 4.78 is 13.6. The Hall–Kier alpha value is -2.07. The van der Waals surface area contributed by atoms with E-state index >= 15 is 0 Å². The van der Waals surface area contributed by atoms with Crippen molar-refractivity contribution in [1.29, 1.82) is 0 Å². The van der Waals surface area contributed by atoms with Gasteiger partial charge in [0.25, 0.3) is 5.91 Å². The molecule has 0 saturated heterocycles. The van der Waals surface area contributed by atoms with Crippen molar-refractivity contribution in [3.05, 3.63) is 57.9 Å². The molecule has 0 saturated carbocycles. The minimum atomic E-state index is -0.509. The number of carbonyl (C=O) groups excluding carboxylic acids is 1. The first-order chi connectivity index (χ1) is 9.38. The summed E-state index contributed by atoms with van der Waals surface area (Å²) in [4.78, 5) is 12.1. The van der Waals surface area contributed by atoms with Crippen molar-refractivity contribution in [2.75, 3.05) is 11.1 Å². The summed E-state index contributed by atoms with van der Waals surface area (Å²) in [5.41, 5.74) is 7.84. The van der Waals surface area contributed by atoms with Crippen LogP contribution < -0.4 is 11.1 Å². The monoisotopic (exact) mass is 292 g/mol. The number of rotatable bonds is 2. The van der Waals surface area contributed by atoms with Crippen LogP contribution in [-0.2, 0) is 0 Å². The highest BCUT2D eigenvalue weighted by molar-refractivity contribution is 6.34. The number of nitrogens with one attached hydrogen (secondary N) is 1. The molecule has 3 nitrogen and oxygen atoms in total. The molecule has 104 valence electrons. The van der Waals surface area contributed by atoms with E-state index in [0.717, 1.165) is 11.6 Å². The lowest BCUT2D eigenvalue weighted by Gasteiger charge is -2.10. The van der Waals surface area contributed by atoms with Gasteiger partial charge in [-0.15, -0.1) is 0 Å². The van der Waals surface area contributed by atoms with Gasteiger partial charge in [-0.2, -0.15) is 0 Å². The molecule has 0 aliphatic carbocycles. The molecule has 1 amide bonds. The molecular weight excluding hydrogens is 279 g/mol. The molecule has 0 aliphatic rings. The Kier molecular flexibility index (Phi) is 3.95. The van der Waals surface area contributed by atoms with Crippen LogP contribution in [0.4, 0.5) is 15.8 Å². The Bertz CT molecular complexity index is 663. The molecule has 2 aromatic rings. The van der Waals surface area contributed by atoms with E-state index in [-0.39, 0.29) is 11.3 Å². The molecule has 2 rings (SSSR count). The van der Waals surface area contributed by atoms with Gasteiger partial charge in [-0.25, -0.2) is 4.39 Å². The van der Waals surface area contributed by atoms with Gasteiger partial charge in [0.05, 0.1) is 10.7 Å². The summed E-state index contributed by atoms with van der Waals surface area (Å²) in [6.07, 6.45) is 0. The van der Waals surface area contributed by atoms with Crippen LogP contribution in [0.15, 0.2) is 30.3 Å². The highest BCUT2D eigenvalue weighted by Gasteiger charge is 2.12. The maximum atomic E-state index is 13.6. The van der Waals surface area contributed by atoms with Gasteiger partial charge in [-0.05, 0) is 43.7 Å². The number of nitrogen functional groups attached to an aromatic ring is 1. The average Bonchev–Trinajstić information content (AvgIpc) is 2.38. The largest absolute Gasteiger partial charge is 0.398 e. The predicted octanol–water partition coefficient (Wildman–Crippen LogP) is 3.93. The van der Waals surface area contributed by atoms with E-state index in [4.69, 9.17) is 17.3 Å². The van der Waals surface area contributed by atoms with E-state index in [1.54, 1.807) is 19.1 Å². The van der Waals surface area contributed by atoms with E-state index in [2.05, 4.69) is 5.32 Å². The fraction of sp³-hybridized carbons (Fsp3) is 0.133. The smallest absolute Gasteiger partial charge is 0.255 e. The second-order valence-electron chi connectivity index (χ2n) is 4.61. The summed E-state index contributed by atoms with van der Waals surface area (Å²) in [6, 6.07) is 7.86. The Balaban J connectivity index is 2.28. The highest BCUT2D eigenvalue weighted by Crippen LogP contribution is 2.24. The van der Waals surface area contributed by atoms with Crippen molar-refractivity contribution in [2.45, 2.75) is 13.8 Å².